The molecule has 1 aliphatic heterocycles. The number of benzene rings is 1. The Balaban J connectivity index is 2.07. The molecule has 0 amide bonds. The van der Waals surface area contributed by atoms with Crippen molar-refractivity contribution in [2.45, 2.75) is 19.0 Å². The molecular weight excluding hydrogens is 259 g/mol. The second-order valence-corrected chi connectivity index (χ2v) is 4.87. The van der Waals surface area contributed by atoms with Crippen molar-refractivity contribution in [2.75, 3.05) is 13.1 Å². The lowest BCUT2D eigenvalue weighted by molar-refractivity contribution is 0.325. The largest absolute Gasteiger partial charge is 0.326 e. The van der Waals surface area contributed by atoms with Gasteiger partial charge in [-0.3, -0.25) is 4.90 Å². The van der Waals surface area contributed by atoms with Crippen LogP contribution in [0.4, 0.5) is 4.39 Å². The zero-order valence-electron chi connectivity index (χ0n) is 8.42. The van der Waals surface area contributed by atoms with E-state index in [-0.39, 0.29) is 11.9 Å². The highest BCUT2D eigenvalue weighted by Crippen LogP contribution is 2.21. The van der Waals surface area contributed by atoms with Gasteiger partial charge >= 0.3 is 0 Å². The fraction of sp³-hybridized carbons (Fsp3) is 0.455. The number of hydrogen-bond acceptors (Lipinski definition) is 2. The quantitative estimate of drug-likeness (QED) is 0.894. The minimum atomic E-state index is -0.184. The van der Waals surface area contributed by atoms with Gasteiger partial charge in [0.15, 0.2) is 0 Å². The van der Waals surface area contributed by atoms with Gasteiger partial charge in [0, 0.05) is 30.1 Å². The molecule has 1 aromatic carbocycles. The maximum Gasteiger partial charge on any atom is 0.123 e. The van der Waals surface area contributed by atoms with Crippen LogP contribution < -0.4 is 5.73 Å². The summed E-state index contributed by atoms with van der Waals surface area (Å²) >= 11 is 3.43. The number of hydrogen-bond donors (Lipinski definition) is 1. The SMILES string of the molecule is NC1CCN(Cc2cc(F)ccc2Br)C1. The Morgan fingerprint density at radius 1 is 1.53 bits per heavy atom. The van der Waals surface area contributed by atoms with E-state index in [2.05, 4.69) is 20.8 Å². The molecule has 0 radical (unpaired) electrons. The minimum Gasteiger partial charge on any atom is -0.326 e. The van der Waals surface area contributed by atoms with Crippen molar-refractivity contribution in [2.24, 2.45) is 5.73 Å². The van der Waals surface area contributed by atoms with Gasteiger partial charge in [0.2, 0.25) is 0 Å². The highest BCUT2D eigenvalue weighted by atomic mass is 79.9. The normalized spacial score (nSPS) is 22.2. The zero-order chi connectivity index (χ0) is 10.8. The Kier molecular flexibility index (Phi) is 3.38. The zero-order valence-corrected chi connectivity index (χ0v) is 10.0. The Bertz CT molecular complexity index is 356. The van der Waals surface area contributed by atoms with E-state index >= 15 is 0 Å². The van der Waals surface area contributed by atoms with Gasteiger partial charge in [-0.05, 0) is 30.2 Å². The van der Waals surface area contributed by atoms with E-state index in [4.69, 9.17) is 5.73 Å². The average Bonchev–Trinajstić information content (AvgIpc) is 2.58. The summed E-state index contributed by atoms with van der Waals surface area (Å²) in [5, 5.41) is 0. The average molecular weight is 273 g/mol. The van der Waals surface area contributed by atoms with E-state index in [1.807, 2.05) is 0 Å². The van der Waals surface area contributed by atoms with E-state index in [9.17, 15) is 4.39 Å². The first-order chi connectivity index (χ1) is 7.15. The third-order valence-corrected chi connectivity index (χ3v) is 3.48. The molecule has 1 heterocycles. The molecule has 1 aromatic rings. The summed E-state index contributed by atoms with van der Waals surface area (Å²) in [4.78, 5) is 2.25. The molecule has 1 aliphatic rings. The van der Waals surface area contributed by atoms with Gasteiger partial charge in [-0.2, -0.15) is 0 Å². The lowest BCUT2D eigenvalue weighted by atomic mass is 10.2. The van der Waals surface area contributed by atoms with Crippen LogP contribution in [0.25, 0.3) is 0 Å². The second kappa shape index (κ2) is 4.60. The van der Waals surface area contributed by atoms with Crippen LogP contribution in [-0.2, 0) is 6.54 Å². The molecule has 0 spiro atoms. The number of nitrogens with zero attached hydrogens (tertiary/aromatic N) is 1. The van der Waals surface area contributed by atoms with E-state index in [1.54, 1.807) is 12.1 Å². The van der Waals surface area contributed by atoms with E-state index in [1.165, 1.54) is 6.07 Å². The molecule has 4 heteroatoms. The molecule has 0 bridgehead atoms. The third kappa shape index (κ3) is 2.77. The number of nitrogens with two attached hydrogens (primary N) is 1. The van der Waals surface area contributed by atoms with E-state index in [0.29, 0.717) is 0 Å². The standard InChI is InChI=1S/C11H14BrFN2/c12-11-2-1-9(13)5-8(11)6-15-4-3-10(14)7-15/h1-2,5,10H,3-4,6-7,14H2. The number of rotatable bonds is 2. The maximum absolute atomic E-state index is 13.0. The Morgan fingerprint density at radius 2 is 2.33 bits per heavy atom. The summed E-state index contributed by atoms with van der Waals surface area (Å²) in [5.41, 5.74) is 6.81. The Labute approximate surface area is 97.4 Å². The maximum atomic E-state index is 13.0. The fourth-order valence-electron chi connectivity index (χ4n) is 1.91. The monoisotopic (exact) mass is 272 g/mol. The minimum absolute atomic E-state index is 0.184. The van der Waals surface area contributed by atoms with Gasteiger partial charge in [0.1, 0.15) is 5.82 Å². The van der Waals surface area contributed by atoms with Gasteiger partial charge in [0.05, 0.1) is 0 Å². The summed E-state index contributed by atoms with van der Waals surface area (Å²) in [6.07, 6.45) is 1.03. The molecular formula is C11H14BrFN2. The number of halogens is 2. The first-order valence-electron chi connectivity index (χ1n) is 5.07. The summed E-state index contributed by atoms with van der Waals surface area (Å²) in [7, 11) is 0. The second-order valence-electron chi connectivity index (χ2n) is 4.02. The molecule has 2 N–H and O–H groups in total. The van der Waals surface area contributed by atoms with Crippen molar-refractivity contribution >= 4 is 15.9 Å². The van der Waals surface area contributed by atoms with E-state index < -0.39 is 0 Å². The predicted molar refractivity (Wildman–Crippen MR) is 62.0 cm³/mol. The van der Waals surface area contributed by atoms with Gasteiger partial charge in [0.25, 0.3) is 0 Å². The summed E-state index contributed by atoms with van der Waals surface area (Å²) in [5.74, 6) is -0.184. The molecule has 15 heavy (non-hydrogen) atoms. The Morgan fingerprint density at radius 3 is 3.00 bits per heavy atom. The summed E-state index contributed by atoms with van der Waals surface area (Å²) in [6.45, 7) is 2.68. The van der Waals surface area contributed by atoms with Gasteiger partial charge in [-0.1, -0.05) is 15.9 Å². The predicted octanol–water partition coefficient (Wildman–Crippen LogP) is 2.12. The van der Waals surface area contributed by atoms with E-state index in [0.717, 1.165) is 36.1 Å². The molecule has 1 unspecified atom stereocenters. The van der Waals surface area contributed by atoms with Crippen LogP contribution in [-0.4, -0.2) is 24.0 Å². The highest BCUT2D eigenvalue weighted by molar-refractivity contribution is 9.10. The van der Waals surface area contributed by atoms with Crippen LogP contribution in [0.1, 0.15) is 12.0 Å². The molecule has 1 atom stereocenters. The lowest BCUT2D eigenvalue weighted by Crippen LogP contribution is -2.26. The van der Waals surface area contributed by atoms with Crippen LogP contribution in [0.3, 0.4) is 0 Å². The first kappa shape index (κ1) is 11.0. The molecule has 2 nitrogen and oxygen atoms in total. The van der Waals surface area contributed by atoms with Crippen molar-refractivity contribution in [3.63, 3.8) is 0 Å². The van der Waals surface area contributed by atoms with Gasteiger partial charge in [-0.25, -0.2) is 4.39 Å². The highest BCUT2D eigenvalue weighted by Gasteiger charge is 2.19. The smallest absolute Gasteiger partial charge is 0.123 e. The van der Waals surface area contributed by atoms with Crippen LogP contribution in [0.2, 0.25) is 0 Å². The molecule has 0 aliphatic carbocycles. The van der Waals surface area contributed by atoms with Crippen molar-refractivity contribution in [3.8, 4) is 0 Å². The summed E-state index contributed by atoms with van der Waals surface area (Å²) < 4.78 is 14.0. The van der Waals surface area contributed by atoms with Crippen molar-refractivity contribution in [1.82, 2.24) is 4.90 Å². The van der Waals surface area contributed by atoms with Crippen molar-refractivity contribution in [1.29, 1.82) is 0 Å². The van der Waals surface area contributed by atoms with Crippen LogP contribution in [0, 0.1) is 5.82 Å². The molecule has 1 saturated heterocycles. The van der Waals surface area contributed by atoms with Crippen LogP contribution >= 0.6 is 15.9 Å². The van der Waals surface area contributed by atoms with Gasteiger partial charge in [-0.15, -0.1) is 0 Å². The fourth-order valence-corrected chi connectivity index (χ4v) is 2.28. The topological polar surface area (TPSA) is 29.3 Å². The lowest BCUT2D eigenvalue weighted by Gasteiger charge is -2.16. The molecule has 82 valence electrons. The Hall–Kier alpha value is -0.450. The van der Waals surface area contributed by atoms with Crippen molar-refractivity contribution in [3.05, 3.63) is 34.1 Å². The van der Waals surface area contributed by atoms with Crippen LogP contribution in [0.5, 0.6) is 0 Å². The summed E-state index contributed by atoms with van der Waals surface area (Å²) in [6, 6.07) is 5.06. The molecule has 1 fully saturated rings. The third-order valence-electron chi connectivity index (χ3n) is 2.71. The van der Waals surface area contributed by atoms with Gasteiger partial charge < -0.3 is 5.73 Å². The number of likely N-dealkylation sites (tertiary alicyclic amines) is 1. The molecule has 2 rings (SSSR count). The molecule has 0 aromatic heterocycles. The first-order valence-corrected chi connectivity index (χ1v) is 5.86. The molecule has 0 saturated carbocycles. The van der Waals surface area contributed by atoms with Crippen LogP contribution in [0.15, 0.2) is 22.7 Å². The van der Waals surface area contributed by atoms with Crippen molar-refractivity contribution < 1.29 is 4.39 Å².